The molecule has 0 amide bonds. The smallest absolute Gasteiger partial charge is 0.110 e. The minimum atomic E-state index is 0.143. The van der Waals surface area contributed by atoms with Gasteiger partial charge in [-0.2, -0.15) is 0 Å². The Hall–Kier alpha value is -1.59. The lowest BCUT2D eigenvalue weighted by Crippen LogP contribution is -2.32. The van der Waals surface area contributed by atoms with E-state index in [0.717, 1.165) is 29.7 Å². The van der Waals surface area contributed by atoms with E-state index in [2.05, 4.69) is 22.2 Å². The number of nitrogens with two attached hydrogens (primary N) is 1. The number of rotatable bonds is 9. The van der Waals surface area contributed by atoms with Crippen molar-refractivity contribution in [2.24, 2.45) is 0 Å². The van der Waals surface area contributed by atoms with Gasteiger partial charge in [0.1, 0.15) is 5.82 Å². The molecule has 2 heterocycles. The van der Waals surface area contributed by atoms with E-state index in [1.54, 1.807) is 6.20 Å². The summed E-state index contributed by atoms with van der Waals surface area (Å²) in [4.78, 5) is 7.43. The molecule has 0 bridgehead atoms. The Balaban J connectivity index is 1.88. The molecule has 0 saturated carbocycles. The van der Waals surface area contributed by atoms with E-state index in [1.807, 2.05) is 12.3 Å². The number of aromatic nitrogens is 2. The number of nitrogen functional groups attached to an aromatic ring is 1. The second-order valence-electron chi connectivity index (χ2n) is 5.54. The fourth-order valence-corrected chi connectivity index (χ4v) is 2.58. The molecule has 0 radical (unpaired) electrons. The van der Waals surface area contributed by atoms with Gasteiger partial charge < -0.3 is 21.1 Å². The number of pyridine rings is 1. The maximum absolute atomic E-state index is 9.47. The van der Waals surface area contributed by atoms with E-state index in [-0.39, 0.29) is 12.6 Å². The molecule has 21 heavy (non-hydrogen) atoms. The summed E-state index contributed by atoms with van der Waals surface area (Å²) in [5.41, 5.74) is 8.86. The number of unbranched alkanes of at least 4 members (excludes halogenated alkanes) is 3. The zero-order valence-corrected chi connectivity index (χ0v) is 12.7. The summed E-state index contributed by atoms with van der Waals surface area (Å²) in [6.45, 7) is 3.06. The number of nitrogens with zero attached hydrogens (tertiary/aromatic N) is 1. The van der Waals surface area contributed by atoms with E-state index in [0.29, 0.717) is 12.4 Å². The highest BCUT2D eigenvalue weighted by molar-refractivity contribution is 5.74. The number of fused-ring (bicyclic) bond motifs is 1. The molecule has 0 spiro atoms. The average molecular weight is 290 g/mol. The third kappa shape index (κ3) is 4.19. The topological polar surface area (TPSA) is 87.0 Å². The summed E-state index contributed by atoms with van der Waals surface area (Å²) in [6.07, 6.45) is 9.56. The molecule has 2 rings (SSSR count). The Kier molecular flexibility index (Phi) is 6.02. The van der Waals surface area contributed by atoms with Crippen molar-refractivity contribution in [2.45, 2.75) is 51.6 Å². The zero-order valence-electron chi connectivity index (χ0n) is 12.7. The fourth-order valence-electron chi connectivity index (χ4n) is 2.58. The molecule has 0 aromatic heterocycles. The second-order valence-corrected chi connectivity index (χ2v) is 5.54. The van der Waals surface area contributed by atoms with Crippen LogP contribution in [0.4, 0.5) is 5.82 Å². The standard InChI is InChI=1S/C16H26N4O/c1-2-3-4-5-6-13(11-21)19-9-12-10-20-16(17)14-7-8-18-15(12)14/h7-8,10,13,19-21H,2-6,9,11,17H2,1H3/t13-/m0/s1. The first kappa shape index (κ1) is 15.8. The van der Waals surface area contributed by atoms with E-state index in [9.17, 15) is 5.11 Å². The van der Waals surface area contributed by atoms with Gasteiger partial charge in [0, 0.05) is 36.1 Å². The number of hydrogen-bond acceptors (Lipinski definition) is 4. The molecule has 2 aliphatic rings. The number of aromatic amines is 1. The summed E-state index contributed by atoms with van der Waals surface area (Å²) in [5, 5.41) is 12.9. The van der Waals surface area contributed by atoms with E-state index in [4.69, 9.17) is 5.73 Å². The van der Waals surface area contributed by atoms with Gasteiger partial charge in [0.15, 0.2) is 0 Å². The third-order valence-electron chi connectivity index (χ3n) is 3.90. The van der Waals surface area contributed by atoms with Crippen LogP contribution in [0.5, 0.6) is 0 Å². The lowest BCUT2D eigenvalue weighted by molar-refractivity contribution is 0.232. The first-order chi connectivity index (χ1) is 10.3. The van der Waals surface area contributed by atoms with Crippen molar-refractivity contribution in [1.29, 1.82) is 0 Å². The van der Waals surface area contributed by atoms with Crippen LogP contribution >= 0.6 is 0 Å². The van der Waals surface area contributed by atoms with Crippen LogP contribution in [0.15, 0.2) is 18.5 Å². The van der Waals surface area contributed by atoms with Crippen LogP contribution in [-0.2, 0) is 6.54 Å². The summed E-state index contributed by atoms with van der Waals surface area (Å²) < 4.78 is 0. The van der Waals surface area contributed by atoms with Crippen molar-refractivity contribution in [3.8, 4) is 11.3 Å². The second kappa shape index (κ2) is 8.00. The van der Waals surface area contributed by atoms with Gasteiger partial charge in [0.05, 0.1) is 12.3 Å². The minimum Gasteiger partial charge on any atom is -0.395 e. The maximum Gasteiger partial charge on any atom is 0.110 e. The van der Waals surface area contributed by atoms with Crippen LogP contribution < -0.4 is 11.1 Å². The van der Waals surface area contributed by atoms with Gasteiger partial charge in [-0.25, -0.2) is 0 Å². The molecule has 0 fully saturated rings. The molecule has 0 unspecified atom stereocenters. The van der Waals surface area contributed by atoms with Gasteiger partial charge in [-0.3, -0.25) is 4.98 Å². The number of hydrogen-bond donors (Lipinski definition) is 4. The van der Waals surface area contributed by atoms with Crippen molar-refractivity contribution in [3.05, 3.63) is 24.0 Å². The molecular formula is C16H26N4O. The third-order valence-corrected chi connectivity index (χ3v) is 3.90. The van der Waals surface area contributed by atoms with Crippen LogP contribution in [0.2, 0.25) is 0 Å². The Bertz CT molecular complexity index is 511. The first-order valence-electron chi connectivity index (χ1n) is 7.81. The molecule has 5 nitrogen and oxygen atoms in total. The molecule has 2 aliphatic heterocycles. The van der Waals surface area contributed by atoms with Gasteiger partial charge >= 0.3 is 0 Å². The Labute approximate surface area is 126 Å². The highest BCUT2D eigenvalue weighted by Crippen LogP contribution is 2.28. The first-order valence-corrected chi connectivity index (χ1v) is 7.81. The summed E-state index contributed by atoms with van der Waals surface area (Å²) in [6, 6.07) is 2.06. The molecule has 0 aliphatic carbocycles. The highest BCUT2D eigenvalue weighted by Gasteiger charge is 2.14. The van der Waals surface area contributed by atoms with Gasteiger partial charge in [0.2, 0.25) is 0 Å². The number of aliphatic hydroxyl groups excluding tert-OH is 1. The predicted molar refractivity (Wildman–Crippen MR) is 86.1 cm³/mol. The van der Waals surface area contributed by atoms with Crippen molar-refractivity contribution >= 4 is 5.82 Å². The molecular weight excluding hydrogens is 264 g/mol. The fraction of sp³-hybridized carbons (Fsp3) is 0.562. The number of H-pyrrole nitrogens is 1. The highest BCUT2D eigenvalue weighted by atomic mass is 16.3. The van der Waals surface area contributed by atoms with Crippen LogP contribution in [0.25, 0.3) is 11.3 Å². The Morgan fingerprint density at radius 1 is 1.38 bits per heavy atom. The van der Waals surface area contributed by atoms with E-state index in [1.165, 1.54) is 19.3 Å². The van der Waals surface area contributed by atoms with E-state index >= 15 is 0 Å². The SMILES string of the molecule is CCCCCC[C@@H](CO)NCc1c[nH]c(N)c2ccnc1-2. The quantitative estimate of drug-likeness (QED) is 0.534. The molecule has 0 aromatic rings. The van der Waals surface area contributed by atoms with Gasteiger partial charge in [0.25, 0.3) is 0 Å². The van der Waals surface area contributed by atoms with Crippen molar-refractivity contribution in [3.63, 3.8) is 0 Å². The minimum absolute atomic E-state index is 0.143. The van der Waals surface area contributed by atoms with Crippen LogP contribution in [0.1, 0.15) is 44.6 Å². The van der Waals surface area contributed by atoms with Crippen molar-refractivity contribution in [2.75, 3.05) is 12.3 Å². The predicted octanol–water partition coefficient (Wildman–Crippen LogP) is 2.52. The van der Waals surface area contributed by atoms with Gasteiger partial charge in [-0.1, -0.05) is 32.6 Å². The number of aliphatic hydroxyl groups is 1. The lowest BCUT2D eigenvalue weighted by atomic mass is 10.1. The number of nitrogens with one attached hydrogen (secondary N) is 2. The zero-order chi connectivity index (χ0) is 15.1. The largest absolute Gasteiger partial charge is 0.395 e. The van der Waals surface area contributed by atoms with E-state index < -0.39 is 0 Å². The van der Waals surface area contributed by atoms with Crippen LogP contribution in [-0.4, -0.2) is 27.7 Å². The monoisotopic (exact) mass is 290 g/mol. The normalized spacial score (nSPS) is 12.9. The number of anilines is 1. The van der Waals surface area contributed by atoms with Crippen LogP contribution in [0.3, 0.4) is 0 Å². The maximum atomic E-state index is 9.47. The molecule has 5 heteroatoms. The van der Waals surface area contributed by atoms with Gasteiger partial charge in [-0.15, -0.1) is 0 Å². The van der Waals surface area contributed by atoms with Crippen molar-refractivity contribution in [1.82, 2.24) is 15.3 Å². The molecule has 0 aromatic carbocycles. The van der Waals surface area contributed by atoms with Gasteiger partial charge in [-0.05, 0) is 12.5 Å². The lowest BCUT2D eigenvalue weighted by Gasteiger charge is -2.17. The van der Waals surface area contributed by atoms with Crippen molar-refractivity contribution < 1.29 is 5.11 Å². The molecule has 5 N–H and O–H groups in total. The molecule has 0 saturated heterocycles. The molecule has 1 atom stereocenters. The summed E-state index contributed by atoms with van der Waals surface area (Å²) in [5.74, 6) is 0.643. The summed E-state index contributed by atoms with van der Waals surface area (Å²) in [7, 11) is 0. The summed E-state index contributed by atoms with van der Waals surface area (Å²) >= 11 is 0. The Morgan fingerprint density at radius 2 is 2.24 bits per heavy atom. The van der Waals surface area contributed by atoms with Crippen LogP contribution in [0, 0.1) is 0 Å². The molecule has 116 valence electrons. The average Bonchev–Trinajstić information content (AvgIpc) is 2.99. The Morgan fingerprint density at radius 3 is 3.00 bits per heavy atom.